The van der Waals surface area contributed by atoms with Crippen molar-refractivity contribution in [1.82, 2.24) is 18.8 Å². The highest BCUT2D eigenvalue weighted by Crippen LogP contribution is 2.37. The van der Waals surface area contributed by atoms with Gasteiger partial charge in [0.15, 0.2) is 11.5 Å². The molecule has 2 fully saturated rings. The van der Waals surface area contributed by atoms with Crippen LogP contribution in [0.2, 0.25) is 0 Å². The Kier molecular flexibility index (Phi) is 4.75. The predicted octanol–water partition coefficient (Wildman–Crippen LogP) is -0.231. The molecule has 1 amide bonds. The summed E-state index contributed by atoms with van der Waals surface area (Å²) < 4.78 is 39.8. The van der Waals surface area contributed by atoms with Crippen molar-refractivity contribution >= 4 is 16.1 Å². The first-order chi connectivity index (χ1) is 12.8. The van der Waals surface area contributed by atoms with Gasteiger partial charge in [0.25, 0.3) is 10.2 Å². The molecule has 3 aliphatic rings. The van der Waals surface area contributed by atoms with E-state index in [4.69, 9.17) is 9.47 Å². The average molecular weight is 396 g/mol. The second kappa shape index (κ2) is 6.93. The molecule has 1 aromatic carbocycles. The Balaban J connectivity index is 1.57. The molecule has 4 rings (SSSR count). The Labute approximate surface area is 159 Å². The molecule has 2 atom stereocenters. The Bertz CT molecular complexity index is 838. The minimum Gasteiger partial charge on any atom is -0.454 e. The lowest BCUT2D eigenvalue weighted by Gasteiger charge is -2.40. The van der Waals surface area contributed by atoms with Crippen LogP contribution in [0, 0.1) is 0 Å². The van der Waals surface area contributed by atoms with Crippen molar-refractivity contribution in [2.75, 3.05) is 47.1 Å². The molecule has 0 bridgehead atoms. The second-order valence-corrected chi connectivity index (χ2v) is 8.95. The molecule has 0 aromatic heterocycles. The van der Waals surface area contributed by atoms with Crippen molar-refractivity contribution in [2.24, 2.45) is 0 Å². The molecule has 148 valence electrons. The van der Waals surface area contributed by atoms with Gasteiger partial charge >= 0.3 is 0 Å². The van der Waals surface area contributed by atoms with Crippen LogP contribution in [0.25, 0.3) is 0 Å². The normalized spacial score (nSPS) is 28.3. The van der Waals surface area contributed by atoms with Crippen LogP contribution in [0.4, 0.5) is 0 Å². The summed E-state index contributed by atoms with van der Waals surface area (Å²) in [6.07, 6.45) is 0.362. The van der Waals surface area contributed by atoms with Gasteiger partial charge in [-0.3, -0.25) is 4.79 Å². The molecule has 0 spiro atoms. The standard InChI is InChI=1S/C17H24N4O5S/c1-19-5-7-21(8-6-19)17(22)14-10-13(18-27(23,24)20(14)2)12-3-4-15-16(9-12)26-11-25-15/h3-4,9,13-14,18H,5-8,10-11H2,1-2H3. The van der Waals surface area contributed by atoms with Crippen LogP contribution in [-0.2, 0) is 15.0 Å². The molecular weight excluding hydrogens is 372 g/mol. The zero-order valence-corrected chi connectivity index (χ0v) is 16.2. The zero-order chi connectivity index (χ0) is 19.2. The van der Waals surface area contributed by atoms with Crippen molar-refractivity contribution < 1.29 is 22.7 Å². The summed E-state index contributed by atoms with van der Waals surface area (Å²) in [6, 6.07) is 4.13. The number of carbonyl (C=O) groups excluding carboxylic acids is 1. The molecule has 0 saturated carbocycles. The summed E-state index contributed by atoms with van der Waals surface area (Å²) >= 11 is 0. The molecule has 10 heteroatoms. The van der Waals surface area contributed by atoms with Gasteiger partial charge in [-0.2, -0.15) is 17.4 Å². The van der Waals surface area contributed by atoms with Crippen LogP contribution < -0.4 is 14.2 Å². The Morgan fingerprint density at radius 2 is 1.81 bits per heavy atom. The molecule has 3 heterocycles. The SMILES string of the molecule is CN1CCN(C(=O)C2CC(c3ccc4c(c3)OCO4)NS(=O)(=O)N2C)CC1. The number of hydrogen-bond acceptors (Lipinski definition) is 6. The number of nitrogens with zero attached hydrogens (tertiary/aromatic N) is 3. The fraction of sp³-hybridized carbons (Fsp3) is 0.588. The van der Waals surface area contributed by atoms with Gasteiger partial charge in [-0.25, -0.2) is 0 Å². The number of likely N-dealkylation sites (N-methyl/N-ethyl adjacent to an activating group) is 2. The van der Waals surface area contributed by atoms with Crippen LogP contribution in [0.15, 0.2) is 18.2 Å². The van der Waals surface area contributed by atoms with Gasteiger partial charge in [-0.15, -0.1) is 0 Å². The van der Waals surface area contributed by atoms with E-state index in [1.54, 1.807) is 17.0 Å². The molecule has 0 aliphatic carbocycles. The molecule has 9 nitrogen and oxygen atoms in total. The number of carbonyl (C=O) groups is 1. The summed E-state index contributed by atoms with van der Waals surface area (Å²) in [5, 5.41) is 0. The maximum atomic E-state index is 13.1. The van der Waals surface area contributed by atoms with E-state index in [-0.39, 0.29) is 12.7 Å². The molecule has 2 unspecified atom stereocenters. The van der Waals surface area contributed by atoms with Crippen molar-refractivity contribution in [3.8, 4) is 11.5 Å². The first-order valence-electron chi connectivity index (χ1n) is 8.97. The van der Waals surface area contributed by atoms with Gasteiger partial charge in [-0.1, -0.05) is 6.07 Å². The maximum absolute atomic E-state index is 13.1. The van der Waals surface area contributed by atoms with Crippen molar-refractivity contribution in [2.45, 2.75) is 18.5 Å². The molecule has 3 aliphatic heterocycles. The third-order valence-corrected chi connectivity index (χ3v) is 7.06. The molecule has 27 heavy (non-hydrogen) atoms. The number of benzene rings is 1. The third kappa shape index (κ3) is 3.49. The number of ether oxygens (including phenoxy) is 2. The summed E-state index contributed by atoms with van der Waals surface area (Å²) in [4.78, 5) is 17.0. The van der Waals surface area contributed by atoms with Gasteiger partial charge in [0.05, 0.1) is 6.04 Å². The molecule has 1 N–H and O–H groups in total. The third-order valence-electron chi connectivity index (χ3n) is 5.47. The Morgan fingerprint density at radius 3 is 2.56 bits per heavy atom. The summed E-state index contributed by atoms with van der Waals surface area (Å²) in [6.45, 7) is 2.96. The van der Waals surface area contributed by atoms with Gasteiger partial charge in [0.1, 0.15) is 6.04 Å². The topological polar surface area (TPSA) is 91.4 Å². The lowest BCUT2D eigenvalue weighted by molar-refractivity contribution is -0.137. The molecule has 0 radical (unpaired) electrons. The first-order valence-corrected chi connectivity index (χ1v) is 10.4. The highest BCUT2D eigenvalue weighted by molar-refractivity contribution is 7.87. The lowest BCUT2D eigenvalue weighted by Crippen LogP contribution is -2.59. The lowest BCUT2D eigenvalue weighted by atomic mass is 9.98. The summed E-state index contributed by atoms with van der Waals surface area (Å²) in [7, 11) is -0.295. The predicted molar refractivity (Wildman–Crippen MR) is 97.6 cm³/mol. The van der Waals surface area contributed by atoms with Gasteiger partial charge < -0.3 is 19.3 Å². The van der Waals surface area contributed by atoms with E-state index in [0.717, 1.165) is 23.0 Å². The van der Waals surface area contributed by atoms with Crippen molar-refractivity contribution in [3.63, 3.8) is 0 Å². The Hall–Kier alpha value is -1.88. The van der Waals surface area contributed by atoms with E-state index < -0.39 is 22.3 Å². The van der Waals surface area contributed by atoms with E-state index >= 15 is 0 Å². The van der Waals surface area contributed by atoms with Crippen molar-refractivity contribution in [1.29, 1.82) is 0 Å². The van der Waals surface area contributed by atoms with Crippen molar-refractivity contribution in [3.05, 3.63) is 23.8 Å². The largest absolute Gasteiger partial charge is 0.454 e. The monoisotopic (exact) mass is 396 g/mol. The molecular formula is C17H24N4O5S. The summed E-state index contributed by atoms with van der Waals surface area (Å²) in [5.41, 5.74) is 0.757. The van der Waals surface area contributed by atoms with E-state index in [1.165, 1.54) is 7.05 Å². The second-order valence-electron chi connectivity index (χ2n) is 7.18. The molecule has 2 saturated heterocycles. The van der Waals surface area contributed by atoms with Gasteiger partial charge in [-0.05, 0) is 31.2 Å². The van der Waals surface area contributed by atoms with E-state index in [1.807, 2.05) is 13.1 Å². The number of fused-ring (bicyclic) bond motifs is 1. The Morgan fingerprint density at radius 1 is 1.11 bits per heavy atom. The number of rotatable bonds is 2. The van der Waals surface area contributed by atoms with Gasteiger partial charge in [0.2, 0.25) is 12.7 Å². The van der Waals surface area contributed by atoms with E-state index in [2.05, 4.69) is 9.62 Å². The van der Waals surface area contributed by atoms with Crippen LogP contribution in [0.3, 0.4) is 0 Å². The molecule has 1 aromatic rings. The quantitative estimate of drug-likeness (QED) is 0.743. The van der Waals surface area contributed by atoms with Crippen LogP contribution in [0.5, 0.6) is 11.5 Å². The number of piperazine rings is 1. The van der Waals surface area contributed by atoms with Crippen LogP contribution >= 0.6 is 0 Å². The van der Waals surface area contributed by atoms with E-state index in [9.17, 15) is 13.2 Å². The number of amides is 1. The summed E-state index contributed by atoms with van der Waals surface area (Å²) in [5.74, 6) is 1.09. The number of nitrogens with one attached hydrogen (secondary N) is 1. The minimum absolute atomic E-state index is 0.138. The average Bonchev–Trinajstić information content (AvgIpc) is 3.11. The zero-order valence-electron chi connectivity index (χ0n) is 15.4. The fourth-order valence-corrected chi connectivity index (χ4v) is 4.95. The first kappa shape index (κ1) is 18.5. The highest BCUT2D eigenvalue weighted by atomic mass is 32.2. The maximum Gasteiger partial charge on any atom is 0.280 e. The fourth-order valence-electron chi connectivity index (χ4n) is 3.68. The van der Waals surface area contributed by atoms with Crippen LogP contribution in [0.1, 0.15) is 18.0 Å². The van der Waals surface area contributed by atoms with Gasteiger partial charge in [0, 0.05) is 33.2 Å². The minimum atomic E-state index is -3.76. The number of hydrogen-bond donors (Lipinski definition) is 1. The van der Waals surface area contributed by atoms with E-state index in [0.29, 0.717) is 31.0 Å². The smallest absolute Gasteiger partial charge is 0.280 e. The van der Waals surface area contributed by atoms with Crippen LogP contribution in [-0.4, -0.2) is 81.5 Å². The highest BCUT2D eigenvalue weighted by Gasteiger charge is 2.42.